The first-order valence-corrected chi connectivity index (χ1v) is 6.85. The van der Waals surface area contributed by atoms with Gasteiger partial charge in [0, 0.05) is 27.4 Å². The first-order valence-electron chi connectivity index (χ1n) is 4.92. The predicted molar refractivity (Wildman–Crippen MR) is 60.2 cm³/mol. The highest BCUT2D eigenvalue weighted by molar-refractivity contribution is 6.60. The summed E-state index contributed by atoms with van der Waals surface area (Å²) < 4.78 is 15.9. The number of allylic oxidation sites excluding steroid dienone is 2. The zero-order chi connectivity index (χ0) is 11.0. The Balaban J connectivity index is 3.94. The molecule has 0 N–H and O–H groups in total. The minimum atomic E-state index is -2.34. The molecule has 0 aromatic carbocycles. The molecule has 0 heterocycles. The van der Waals surface area contributed by atoms with E-state index in [0.29, 0.717) is 5.92 Å². The normalized spacial score (nSPS) is 13.0. The molecule has 0 radical (unpaired) electrons. The van der Waals surface area contributed by atoms with E-state index in [2.05, 4.69) is 26.0 Å². The lowest BCUT2D eigenvalue weighted by atomic mass is 10.2. The lowest BCUT2D eigenvalue weighted by Crippen LogP contribution is -2.42. The molecular weight excluding hydrogens is 196 g/mol. The third-order valence-corrected chi connectivity index (χ3v) is 4.84. The van der Waals surface area contributed by atoms with E-state index in [1.165, 1.54) is 0 Å². The minimum Gasteiger partial charge on any atom is -0.377 e. The molecule has 0 aliphatic rings. The summed E-state index contributed by atoms with van der Waals surface area (Å²) in [6.07, 6.45) is 5.28. The molecule has 0 rings (SSSR count). The van der Waals surface area contributed by atoms with Gasteiger partial charge in [0.25, 0.3) is 0 Å². The van der Waals surface area contributed by atoms with Crippen molar-refractivity contribution >= 4 is 8.80 Å². The summed E-state index contributed by atoms with van der Waals surface area (Å²) >= 11 is 0. The minimum absolute atomic E-state index is 0.596. The standard InChI is InChI=1S/C10H22O3Si/c1-10(2)8-6-7-9-14(11-3,12-4)13-5/h6,8,10H,7,9H2,1-5H3. The van der Waals surface area contributed by atoms with Gasteiger partial charge in [-0.3, -0.25) is 0 Å². The topological polar surface area (TPSA) is 27.7 Å². The Morgan fingerprint density at radius 3 is 1.93 bits per heavy atom. The SMILES string of the molecule is CO[Si](CCC=CC(C)C)(OC)OC. The molecule has 0 bridgehead atoms. The first-order chi connectivity index (χ1) is 6.60. The number of hydrogen-bond donors (Lipinski definition) is 0. The molecule has 3 nitrogen and oxygen atoms in total. The van der Waals surface area contributed by atoms with Crippen molar-refractivity contribution in [3.63, 3.8) is 0 Å². The van der Waals surface area contributed by atoms with Crippen LogP contribution in [0.1, 0.15) is 20.3 Å². The van der Waals surface area contributed by atoms with Crippen LogP contribution in [0.5, 0.6) is 0 Å². The van der Waals surface area contributed by atoms with Crippen molar-refractivity contribution < 1.29 is 13.3 Å². The number of hydrogen-bond acceptors (Lipinski definition) is 3. The van der Waals surface area contributed by atoms with Crippen LogP contribution in [0.4, 0.5) is 0 Å². The van der Waals surface area contributed by atoms with Crippen LogP contribution in [0.3, 0.4) is 0 Å². The number of rotatable bonds is 7. The highest BCUT2D eigenvalue weighted by atomic mass is 28.4. The zero-order valence-electron chi connectivity index (χ0n) is 9.87. The molecule has 0 aromatic rings. The highest BCUT2D eigenvalue weighted by Gasteiger charge is 2.36. The summed E-state index contributed by atoms with van der Waals surface area (Å²) in [7, 11) is 2.59. The van der Waals surface area contributed by atoms with Gasteiger partial charge >= 0.3 is 8.80 Å². The van der Waals surface area contributed by atoms with Crippen LogP contribution in [0.2, 0.25) is 6.04 Å². The average molecular weight is 218 g/mol. The maximum Gasteiger partial charge on any atom is 0.500 e. The summed E-state index contributed by atoms with van der Waals surface area (Å²) in [5.74, 6) is 0.596. The molecule has 0 aromatic heterocycles. The van der Waals surface area contributed by atoms with Gasteiger partial charge in [-0.25, -0.2) is 0 Å². The van der Waals surface area contributed by atoms with Crippen molar-refractivity contribution in [2.45, 2.75) is 26.3 Å². The van der Waals surface area contributed by atoms with E-state index in [9.17, 15) is 0 Å². The monoisotopic (exact) mass is 218 g/mol. The lowest BCUT2D eigenvalue weighted by molar-refractivity contribution is 0.124. The Morgan fingerprint density at radius 1 is 1.07 bits per heavy atom. The molecule has 0 aliphatic carbocycles. The first kappa shape index (κ1) is 13.8. The third-order valence-electron chi connectivity index (χ3n) is 2.07. The van der Waals surface area contributed by atoms with Crippen LogP contribution in [0, 0.1) is 5.92 Å². The van der Waals surface area contributed by atoms with Gasteiger partial charge in [-0.2, -0.15) is 0 Å². The highest BCUT2D eigenvalue weighted by Crippen LogP contribution is 2.15. The molecule has 0 atom stereocenters. The van der Waals surface area contributed by atoms with E-state index < -0.39 is 8.80 Å². The molecule has 0 amide bonds. The smallest absolute Gasteiger partial charge is 0.377 e. The van der Waals surface area contributed by atoms with Crippen molar-refractivity contribution in [2.75, 3.05) is 21.3 Å². The molecule has 4 heteroatoms. The lowest BCUT2D eigenvalue weighted by Gasteiger charge is -2.23. The molecule has 0 unspecified atom stereocenters. The van der Waals surface area contributed by atoms with Crippen molar-refractivity contribution in [3.8, 4) is 0 Å². The fourth-order valence-electron chi connectivity index (χ4n) is 1.18. The van der Waals surface area contributed by atoms with Crippen molar-refractivity contribution in [1.29, 1.82) is 0 Å². The van der Waals surface area contributed by atoms with Gasteiger partial charge in [0.05, 0.1) is 0 Å². The summed E-state index contributed by atoms with van der Waals surface area (Å²) in [5, 5.41) is 0. The molecule has 0 saturated carbocycles. The second-order valence-electron chi connectivity index (χ2n) is 3.51. The predicted octanol–water partition coefficient (Wildman–Crippen LogP) is 2.47. The van der Waals surface area contributed by atoms with Crippen LogP contribution >= 0.6 is 0 Å². The van der Waals surface area contributed by atoms with E-state index in [-0.39, 0.29) is 0 Å². The van der Waals surface area contributed by atoms with Gasteiger partial charge in [0.15, 0.2) is 0 Å². The zero-order valence-corrected chi connectivity index (χ0v) is 10.9. The summed E-state index contributed by atoms with van der Waals surface area (Å²) in [5.41, 5.74) is 0. The summed E-state index contributed by atoms with van der Waals surface area (Å²) in [6, 6.07) is 0.833. The van der Waals surface area contributed by atoms with Crippen molar-refractivity contribution in [3.05, 3.63) is 12.2 Å². The molecular formula is C10H22O3Si. The van der Waals surface area contributed by atoms with E-state index in [1.54, 1.807) is 21.3 Å². The summed E-state index contributed by atoms with van der Waals surface area (Å²) in [4.78, 5) is 0. The maximum absolute atomic E-state index is 5.30. The van der Waals surface area contributed by atoms with Gasteiger partial charge in [-0.15, -0.1) is 0 Å². The Morgan fingerprint density at radius 2 is 1.57 bits per heavy atom. The van der Waals surface area contributed by atoms with Crippen molar-refractivity contribution in [1.82, 2.24) is 0 Å². The molecule has 0 fully saturated rings. The van der Waals surface area contributed by atoms with Crippen LogP contribution in [-0.4, -0.2) is 30.1 Å². The average Bonchev–Trinajstić information content (AvgIpc) is 2.19. The van der Waals surface area contributed by atoms with E-state index in [1.807, 2.05) is 0 Å². The van der Waals surface area contributed by atoms with Gasteiger partial charge < -0.3 is 13.3 Å². The van der Waals surface area contributed by atoms with Gasteiger partial charge in [-0.05, 0) is 12.3 Å². The van der Waals surface area contributed by atoms with Gasteiger partial charge in [-0.1, -0.05) is 26.0 Å². The second-order valence-corrected chi connectivity index (χ2v) is 6.60. The molecule has 0 saturated heterocycles. The Bertz CT molecular complexity index is 156. The Kier molecular flexibility index (Phi) is 7.09. The molecule has 0 spiro atoms. The fraction of sp³-hybridized carbons (Fsp3) is 0.800. The van der Waals surface area contributed by atoms with Crippen LogP contribution in [0.15, 0.2) is 12.2 Å². The fourth-order valence-corrected chi connectivity index (χ4v) is 2.82. The van der Waals surface area contributed by atoms with Crippen LogP contribution < -0.4 is 0 Å². The van der Waals surface area contributed by atoms with E-state index in [0.717, 1.165) is 12.5 Å². The third kappa shape index (κ3) is 4.90. The van der Waals surface area contributed by atoms with Crippen molar-refractivity contribution in [2.24, 2.45) is 5.92 Å². The Hall–Kier alpha value is -0.163. The molecule has 0 aliphatic heterocycles. The molecule has 84 valence electrons. The van der Waals surface area contributed by atoms with Crippen LogP contribution in [0.25, 0.3) is 0 Å². The largest absolute Gasteiger partial charge is 0.500 e. The van der Waals surface area contributed by atoms with Crippen LogP contribution in [-0.2, 0) is 13.3 Å². The second kappa shape index (κ2) is 7.17. The molecule has 14 heavy (non-hydrogen) atoms. The van der Waals surface area contributed by atoms with E-state index in [4.69, 9.17) is 13.3 Å². The maximum atomic E-state index is 5.30. The van der Waals surface area contributed by atoms with Gasteiger partial charge in [0.2, 0.25) is 0 Å². The van der Waals surface area contributed by atoms with Gasteiger partial charge in [0.1, 0.15) is 0 Å². The summed E-state index contributed by atoms with van der Waals surface area (Å²) in [6.45, 7) is 4.31. The quantitative estimate of drug-likeness (QED) is 0.485. The Labute approximate surface area is 88.4 Å². The van der Waals surface area contributed by atoms with E-state index >= 15 is 0 Å².